The molecule has 0 aromatic heterocycles. The van der Waals surface area contributed by atoms with Crippen LogP contribution in [0, 0.1) is 19.8 Å². The van der Waals surface area contributed by atoms with Crippen molar-refractivity contribution in [2.75, 3.05) is 26.8 Å². The first-order valence-corrected chi connectivity index (χ1v) is 7.08. The van der Waals surface area contributed by atoms with Gasteiger partial charge in [-0.2, -0.15) is 0 Å². The van der Waals surface area contributed by atoms with Crippen LogP contribution < -0.4 is 10.1 Å². The van der Waals surface area contributed by atoms with Crippen molar-refractivity contribution in [1.29, 1.82) is 0 Å². The number of hydrogen-bond donors (Lipinski definition) is 2. The Morgan fingerprint density at radius 3 is 2.53 bits per heavy atom. The van der Waals surface area contributed by atoms with Crippen LogP contribution in [-0.2, 0) is 6.42 Å². The van der Waals surface area contributed by atoms with E-state index >= 15 is 0 Å². The van der Waals surface area contributed by atoms with Crippen LogP contribution in [0.3, 0.4) is 0 Å². The topological polar surface area (TPSA) is 41.5 Å². The quantitative estimate of drug-likeness (QED) is 0.710. The lowest BCUT2D eigenvalue weighted by molar-refractivity contribution is 0.219. The molecule has 1 atom stereocenters. The van der Waals surface area contributed by atoms with Crippen LogP contribution in [-0.4, -0.2) is 31.9 Å². The third-order valence-corrected chi connectivity index (χ3v) is 3.74. The molecule has 0 aliphatic rings. The fourth-order valence-electron chi connectivity index (χ4n) is 2.10. The second-order valence-corrected chi connectivity index (χ2v) is 5.16. The van der Waals surface area contributed by atoms with Crippen molar-refractivity contribution >= 4 is 0 Å². The highest BCUT2D eigenvalue weighted by Crippen LogP contribution is 2.23. The number of rotatable bonds is 8. The first kappa shape index (κ1) is 16.0. The van der Waals surface area contributed by atoms with Gasteiger partial charge in [0.25, 0.3) is 0 Å². The number of nitrogens with one attached hydrogen (secondary N) is 1. The van der Waals surface area contributed by atoms with Gasteiger partial charge >= 0.3 is 0 Å². The van der Waals surface area contributed by atoms with Crippen LogP contribution in [0.5, 0.6) is 5.75 Å². The lowest BCUT2D eigenvalue weighted by Crippen LogP contribution is -2.26. The number of ether oxygens (including phenoxy) is 1. The van der Waals surface area contributed by atoms with Crippen LogP contribution in [0.2, 0.25) is 0 Å². The zero-order chi connectivity index (χ0) is 14.3. The Morgan fingerprint density at radius 2 is 1.95 bits per heavy atom. The average Bonchev–Trinajstić information content (AvgIpc) is 2.42. The Morgan fingerprint density at radius 1 is 1.26 bits per heavy atom. The summed E-state index contributed by atoms with van der Waals surface area (Å²) in [4.78, 5) is 0. The van der Waals surface area contributed by atoms with E-state index in [0.29, 0.717) is 5.92 Å². The van der Waals surface area contributed by atoms with E-state index in [9.17, 15) is 0 Å². The summed E-state index contributed by atoms with van der Waals surface area (Å²) in [5.41, 5.74) is 3.81. The Labute approximate surface area is 117 Å². The van der Waals surface area contributed by atoms with Crippen molar-refractivity contribution in [3.63, 3.8) is 0 Å². The van der Waals surface area contributed by atoms with Gasteiger partial charge in [-0.25, -0.2) is 0 Å². The molecule has 0 saturated carbocycles. The lowest BCUT2D eigenvalue weighted by Gasteiger charge is -2.14. The Kier molecular flexibility index (Phi) is 6.89. The normalized spacial score (nSPS) is 12.5. The van der Waals surface area contributed by atoms with Crippen molar-refractivity contribution in [1.82, 2.24) is 5.32 Å². The van der Waals surface area contributed by atoms with Gasteiger partial charge in [-0.1, -0.05) is 13.0 Å². The van der Waals surface area contributed by atoms with Crippen molar-refractivity contribution < 1.29 is 9.84 Å². The number of aliphatic hydroxyl groups is 1. The van der Waals surface area contributed by atoms with E-state index in [-0.39, 0.29) is 6.61 Å². The molecule has 1 rings (SSSR count). The Bertz CT molecular complexity index is 387. The second-order valence-electron chi connectivity index (χ2n) is 5.16. The first-order chi connectivity index (χ1) is 9.12. The van der Waals surface area contributed by atoms with Gasteiger partial charge in [-0.3, -0.25) is 0 Å². The second kappa shape index (κ2) is 8.18. The fourth-order valence-corrected chi connectivity index (χ4v) is 2.10. The summed E-state index contributed by atoms with van der Waals surface area (Å²) in [5.74, 6) is 1.33. The van der Waals surface area contributed by atoms with Crippen LogP contribution in [0.1, 0.15) is 30.0 Å². The maximum atomic E-state index is 9.13. The zero-order valence-electron chi connectivity index (χ0n) is 12.6. The highest BCUT2D eigenvalue weighted by molar-refractivity contribution is 5.41. The Hall–Kier alpha value is -1.06. The summed E-state index contributed by atoms with van der Waals surface area (Å²) >= 11 is 0. The average molecular weight is 265 g/mol. The molecule has 1 unspecified atom stereocenters. The van der Waals surface area contributed by atoms with Crippen molar-refractivity contribution in [3.8, 4) is 5.75 Å². The van der Waals surface area contributed by atoms with Crippen LogP contribution >= 0.6 is 0 Å². The fraction of sp³-hybridized carbons (Fsp3) is 0.625. The van der Waals surface area contributed by atoms with Gasteiger partial charge < -0.3 is 15.2 Å². The van der Waals surface area contributed by atoms with Crippen molar-refractivity contribution in [2.45, 2.75) is 33.6 Å². The minimum atomic E-state index is 0.260. The molecule has 0 aliphatic heterocycles. The zero-order valence-corrected chi connectivity index (χ0v) is 12.6. The van der Waals surface area contributed by atoms with E-state index in [1.165, 1.54) is 16.7 Å². The van der Waals surface area contributed by atoms with E-state index in [1.54, 1.807) is 7.11 Å². The third kappa shape index (κ3) is 4.84. The molecule has 2 N–H and O–H groups in total. The summed E-state index contributed by atoms with van der Waals surface area (Å²) in [5, 5.41) is 12.5. The van der Waals surface area contributed by atoms with Gasteiger partial charge in [-0.05, 0) is 61.9 Å². The molecule has 19 heavy (non-hydrogen) atoms. The smallest absolute Gasteiger partial charge is 0.122 e. The van der Waals surface area contributed by atoms with E-state index < -0.39 is 0 Å². The van der Waals surface area contributed by atoms with Gasteiger partial charge in [0, 0.05) is 13.2 Å². The number of aliphatic hydroxyl groups excluding tert-OH is 1. The number of hydrogen-bond acceptors (Lipinski definition) is 3. The predicted molar refractivity (Wildman–Crippen MR) is 79.9 cm³/mol. The van der Waals surface area contributed by atoms with E-state index in [0.717, 1.165) is 31.7 Å². The molecule has 1 aromatic rings. The van der Waals surface area contributed by atoms with Crippen LogP contribution in [0.25, 0.3) is 0 Å². The molecule has 0 aliphatic carbocycles. The number of benzene rings is 1. The van der Waals surface area contributed by atoms with Crippen molar-refractivity contribution in [3.05, 3.63) is 28.8 Å². The van der Waals surface area contributed by atoms with Crippen LogP contribution in [0.4, 0.5) is 0 Å². The highest BCUT2D eigenvalue weighted by Gasteiger charge is 2.07. The highest BCUT2D eigenvalue weighted by atomic mass is 16.5. The molecule has 1 aromatic carbocycles. The molecule has 0 heterocycles. The molecule has 0 spiro atoms. The summed E-state index contributed by atoms with van der Waals surface area (Å²) < 4.78 is 5.43. The minimum absolute atomic E-state index is 0.260. The van der Waals surface area contributed by atoms with Crippen LogP contribution in [0.15, 0.2) is 12.1 Å². The van der Waals surface area contributed by atoms with E-state index in [2.05, 4.69) is 38.2 Å². The van der Waals surface area contributed by atoms with E-state index in [1.807, 2.05) is 0 Å². The molecule has 0 bridgehead atoms. The third-order valence-electron chi connectivity index (χ3n) is 3.74. The van der Waals surface area contributed by atoms with Gasteiger partial charge in [0.15, 0.2) is 0 Å². The summed E-state index contributed by atoms with van der Waals surface area (Å²) in [6.45, 7) is 8.39. The minimum Gasteiger partial charge on any atom is -0.496 e. The summed E-state index contributed by atoms with van der Waals surface area (Å²) in [7, 11) is 1.72. The predicted octanol–water partition coefficient (Wildman–Crippen LogP) is 2.46. The molecule has 108 valence electrons. The molecular formula is C16H27NO2. The summed E-state index contributed by atoms with van der Waals surface area (Å²) in [6, 6.07) is 4.31. The molecule has 3 nitrogen and oxygen atoms in total. The summed E-state index contributed by atoms with van der Waals surface area (Å²) in [6.07, 6.45) is 1.96. The Balaban J connectivity index is 2.51. The molecular weight excluding hydrogens is 238 g/mol. The first-order valence-electron chi connectivity index (χ1n) is 7.08. The standard InChI is InChI=1S/C16H27NO2/c1-5-14(11-18)10-17-7-6-15-8-12(2)13(3)9-16(15)19-4/h8-9,14,17-18H,5-7,10-11H2,1-4H3. The molecule has 0 saturated heterocycles. The molecule has 3 heteroatoms. The molecule has 0 fully saturated rings. The molecule has 0 amide bonds. The number of aryl methyl sites for hydroxylation is 2. The largest absolute Gasteiger partial charge is 0.496 e. The molecule has 0 radical (unpaired) electrons. The van der Waals surface area contributed by atoms with Gasteiger partial charge in [0.05, 0.1) is 7.11 Å². The van der Waals surface area contributed by atoms with E-state index in [4.69, 9.17) is 9.84 Å². The van der Waals surface area contributed by atoms with Crippen molar-refractivity contribution in [2.24, 2.45) is 5.92 Å². The lowest BCUT2D eigenvalue weighted by atomic mass is 10.0. The van der Waals surface area contributed by atoms with Gasteiger partial charge in [0.1, 0.15) is 5.75 Å². The maximum Gasteiger partial charge on any atom is 0.122 e. The number of methoxy groups -OCH3 is 1. The van der Waals surface area contributed by atoms with Gasteiger partial charge in [0.2, 0.25) is 0 Å². The SMILES string of the molecule is CCC(CO)CNCCc1cc(C)c(C)cc1OC. The maximum absolute atomic E-state index is 9.13. The monoisotopic (exact) mass is 265 g/mol. The van der Waals surface area contributed by atoms with Gasteiger partial charge in [-0.15, -0.1) is 0 Å².